The lowest BCUT2D eigenvalue weighted by atomic mass is 10.2. The maximum atomic E-state index is 12.3. The monoisotopic (exact) mass is 370 g/mol. The van der Waals surface area contributed by atoms with Crippen LogP contribution in [0.2, 0.25) is 0 Å². The molecule has 2 N–H and O–H groups in total. The molecule has 8 nitrogen and oxygen atoms in total. The summed E-state index contributed by atoms with van der Waals surface area (Å²) in [6.07, 6.45) is 1.55. The van der Waals surface area contributed by atoms with Gasteiger partial charge >= 0.3 is 0 Å². The van der Waals surface area contributed by atoms with Gasteiger partial charge in [0, 0.05) is 57.6 Å². The lowest BCUT2D eigenvalue weighted by molar-refractivity contribution is 0.0955. The number of nitrogens with zero attached hydrogens (tertiary/aromatic N) is 4. The number of carbonyl (C=O) groups excluding carboxylic acids is 1. The van der Waals surface area contributed by atoms with E-state index >= 15 is 0 Å². The van der Waals surface area contributed by atoms with Crippen molar-refractivity contribution in [2.24, 2.45) is 0 Å². The predicted octanol–water partition coefficient (Wildman–Crippen LogP) is 1.22. The number of rotatable bonds is 7. The van der Waals surface area contributed by atoms with Gasteiger partial charge in [-0.05, 0) is 18.2 Å². The van der Waals surface area contributed by atoms with Gasteiger partial charge in [-0.15, -0.1) is 0 Å². The fourth-order valence-electron chi connectivity index (χ4n) is 2.80. The average Bonchev–Trinajstić information content (AvgIpc) is 2.72. The molecule has 144 valence electrons. The van der Waals surface area contributed by atoms with Crippen molar-refractivity contribution in [3.63, 3.8) is 0 Å². The second-order valence-electron chi connectivity index (χ2n) is 6.49. The van der Waals surface area contributed by atoms with Gasteiger partial charge < -0.3 is 25.2 Å². The second-order valence-corrected chi connectivity index (χ2v) is 6.49. The molecule has 0 saturated carbocycles. The van der Waals surface area contributed by atoms with Gasteiger partial charge in [0.15, 0.2) is 0 Å². The highest BCUT2D eigenvalue weighted by Crippen LogP contribution is 2.15. The summed E-state index contributed by atoms with van der Waals surface area (Å²) in [5, 5.41) is 6.15. The Kier molecular flexibility index (Phi) is 6.43. The van der Waals surface area contributed by atoms with Crippen molar-refractivity contribution < 1.29 is 9.53 Å². The third kappa shape index (κ3) is 5.30. The number of nitrogens with one attached hydrogen (secondary N) is 2. The van der Waals surface area contributed by atoms with Crippen LogP contribution < -0.4 is 20.4 Å². The van der Waals surface area contributed by atoms with Crippen molar-refractivity contribution in [3.05, 3.63) is 42.2 Å². The highest BCUT2D eigenvalue weighted by Gasteiger charge is 2.13. The highest BCUT2D eigenvalue weighted by molar-refractivity contribution is 5.95. The number of hydrogen-bond acceptors (Lipinski definition) is 7. The van der Waals surface area contributed by atoms with Crippen molar-refractivity contribution >= 4 is 23.2 Å². The zero-order chi connectivity index (χ0) is 19.1. The molecule has 27 heavy (non-hydrogen) atoms. The standard InChI is InChI=1S/C19H26N6O2/c1-24(2)16-5-3-4-15(12-16)19(26)21-7-6-20-17-13-18(23-14-22-17)25-8-10-27-11-9-25/h3-5,12-14H,6-11H2,1-2H3,(H,21,26)(H,20,22,23). The minimum Gasteiger partial charge on any atom is -0.378 e. The molecule has 0 bridgehead atoms. The van der Waals surface area contributed by atoms with Crippen LogP contribution in [0.25, 0.3) is 0 Å². The van der Waals surface area contributed by atoms with E-state index in [9.17, 15) is 4.79 Å². The van der Waals surface area contributed by atoms with Crippen LogP contribution >= 0.6 is 0 Å². The SMILES string of the molecule is CN(C)c1cccc(C(=O)NCCNc2cc(N3CCOCC3)ncn2)c1. The summed E-state index contributed by atoms with van der Waals surface area (Å²) >= 11 is 0. The summed E-state index contributed by atoms with van der Waals surface area (Å²) in [5.74, 6) is 1.55. The lowest BCUT2D eigenvalue weighted by Crippen LogP contribution is -2.36. The Morgan fingerprint density at radius 3 is 2.78 bits per heavy atom. The summed E-state index contributed by atoms with van der Waals surface area (Å²) in [5.41, 5.74) is 1.65. The molecule has 1 aromatic heterocycles. The first-order chi connectivity index (χ1) is 13.1. The van der Waals surface area contributed by atoms with Gasteiger partial charge in [-0.25, -0.2) is 9.97 Å². The predicted molar refractivity (Wildman–Crippen MR) is 107 cm³/mol. The average molecular weight is 370 g/mol. The van der Waals surface area contributed by atoms with Gasteiger partial charge in [0.05, 0.1) is 13.2 Å². The summed E-state index contributed by atoms with van der Waals surface area (Å²) in [6, 6.07) is 9.47. The number of ether oxygens (including phenoxy) is 1. The van der Waals surface area contributed by atoms with Gasteiger partial charge in [0.25, 0.3) is 5.91 Å². The molecule has 0 radical (unpaired) electrons. The number of benzene rings is 1. The van der Waals surface area contributed by atoms with E-state index in [1.165, 1.54) is 0 Å². The number of amides is 1. The Morgan fingerprint density at radius 2 is 2.00 bits per heavy atom. The molecule has 2 aromatic rings. The van der Waals surface area contributed by atoms with E-state index in [0.29, 0.717) is 31.9 Å². The van der Waals surface area contributed by atoms with Gasteiger partial charge in [0.1, 0.15) is 18.0 Å². The van der Waals surface area contributed by atoms with Gasteiger partial charge in [-0.2, -0.15) is 0 Å². The van der Waals surface area contributed by atoms with Crippen LogP contribution in [0.1, 0.15) is 10.4 Å². The zero-order valence-corrected chi connectivity index (χ0v) is 15.8. The fraction of sp³-hybridized carbons (Fsp3) is 0.421. The van der Waals surface area contributed by atoms with E-state index in [1.54, 1.807) is 6.33 Å². The Morgan fingerprint density at radius 1 is 1.19 bits per heavy atom. The van der Waals surface area contributed by atoms with E-state index in [4.69, 9.17) is 4.74 Å². The Hall–Kier alpha value is -2.87. The van der Waals surface area contributed by atoms with Crippen LogP contribution in [0, 0.1) is 0 Å². The van der Waals surface area contributed by atoms with E-state index in [1.807, 2.05) is 49.3 Å². The molecule has 8 heteroatoms. The zero-order valence-electron chi connectivity index (χ0n) is 15.8. The number of carbonyl (C=O) groups is 1. The molecule has 0 aliphatic carbocycles. The maximum Gasteiger partial charge on any atom is 0.251 e. The molecule has 3 rings (SSSR count). The van der Waals surface area contributed by atoms with Crippen molar-refractivity contribution in [1.29, 1.82) is 0 Å². The Bertz CT molecular complexity index is 761. The van der Waals surface area contributed by atoms with Crippen LogP contribution in [0.15, 0.2) is 36.7 Å². The summed E-state index contributed by atoms with van der Waals surface area (Å²) in [7, 11) is 3.90. The molecular formula is C19H26N6O2. The van der Waals surface area contributed by atoms with E-state index < -0.39 is 0 Å². The second kappa shape index (κ2) is 9.18. The number of morpholine rings is 1. The molecule has 1 aliphatic heterocycles. The molecular weight excluding hydrogens is 344 g/mol. The molecule has 0 spiro atoms. The van der Waals surface area contributed by atoms with Crippen molar-refractivity contribution in [2.75, 3.05) is 68.6 Å². The minimum absolute atomic E-state index is 0.0859. The third-order valence-corrected chi connectivity index (χ3v) is 4.33. The fourth-order valence-corrected chi connectivity index (χ4v) is 2.80. The van der Waals surface area contributed by atoms with Gasteiger partial charge in [-0.3, -0.25) is 4.79 Å². The molecule has 1 aromatic carbocycles. The maximum absolute atomic E-state index is 12.3. The molecule has 0 atom stereocenters. The molecule has 2 heterocycles. The van der Waals surface area contributed by atoms with Crippen LogP contribution in [0.5, 0.6) is 0 Å². The topological polar surface area (TPSA) is 82.6 Å². The number of hydrogen-bond donors (Lipinski definition) is 2. The molecule has 0 unspecified atom stereocenters. The number of aromatic nitrogens is 2. The third-order valence-electron chi connectivity index (χ3n) is 4.33. The number of anilines is 3. The smallest absolute Gasteiger partial charge is 0.251 e. The Labute approximate surface area is 159 Å². The van der Waals surface area contributed by atoms with Crippen molar-refractivity contribution in [1.82, 2.24) is 15.3 Å². The van der Waals surface area contributed by atoms with Crippen LogP contribution in [-0.2, 0) is 4.74 Å². The van der Waals surface area contributed by atoms with Gasteiger partial charge in [0.2, 0.25) is 0 Å². The summed E-state index contributed by atoms with van der Waals surface area (Å²) < 4.78 is 5.37. The Balaban J connectivity index is 1.47. The highest BCUT2D eigenvalue weighted by atomic mass is 16.5. The summed E-state index contributed by atoms with van der Waals surface area (Å²) in [4.78, 5) is 25.0. The molecule has 1 amide bonds. The van der Waals surface area contributed by atoms with Gasteiger partial charge in [-0.1, -0.05) is 6.07 Å². The van der Waals surface area contributed by atoms with E-state index in [-0.39, 0.29) is 5.91 Å². The first kappa shape index (κ1) is 18.9. The first-order valence-corrected chi connectivity index (χ1v) is 9.08. The lowest BCUT2D eigenvalue weighted by Gasteiger charge is -2.27. The normalized spacial score (nSPS) is 13.9. The van der Waals surface area contributed by atoms with E-state index in [2.05, 4.69) is 25.5 Å². The molecule has 1 fully saturated rings. The van der Waals surface area contributed by atoms with Crippen molar-refractivity contribution in [2.45, 2.75) is 0 Å². The largest absolute Gasteiger partial charge is 0.378 e. The first-order valence-electron chi connectivity index (χ1n) is 9.08. The van der Waals surface area contributed by atoms with Crippen molar-refractivity contribution in [3.8, 4) is 0 Å². The van der Waals surface area contributed by atoms with Crippen LogP contribution in [-0.4, -0.2) is 69.4 Å². The quantitative estimate of drug-likeness (QED) is 0.709. The minimum atomic E-state index is -0.0859. The van der Waals surface area contributed by atoms with Crippen LogP contribution in [0.3, 0.4) is 0 Å². The molecule has 1 aliphatic rings. The van der Waals surface area contributed by atoms with Crippen LogP contribution in [0.4, 0.5) is 17.3 Å². The summed E-state index contributed by atoms with van der Waals surface area (Å²) in [6.45, 7) is 4.18. The molecule has 1 saturated heterocycles. The van der Waals surface area contributed by atoms with E-state index in [0.717, 1.165) is 30.4 Å².